The molecule has 0 saturated carbocycles. The number of aryl methyl sites for hydroxylation is 1. The molecule has 0 aliphatic carbocycles. The Bertz CT molecular complexity index is 640. The van der Waals surface area contributed by atoms with Crippen LogP contribution in [0.15, 0.2) is 12.3 Å². The number of anilines is 1. The number of carbonyl (C=O) groups excluding carboxylic acids is 1. The molecule has 2 heterocycles. The summed E-state index contributed by atoms with van der Waals surface area (Å²) in [5.41, 5.74) is -0.116. The molecular formula is C17H28BN3O4. The molecule has 0 radical (unpaired) electrons. The van der Waals surface area contributed by atoms with E-state index in [1.807, 2.05) is 34.6 Å². The van der Waals surface area contributed by atoms with Crippen LogP contribution in [0.4, 0.5) is 10.6 Å². The van der Waals surface area contributed by atoms with Crippen molar-refractivity contribution >= 4 is 24.4 Å². The fourth-order valence-corrected chi connectivity index (χ4v) is 2.29. The monoisotopic (exact) mass is 349 g/mol. The summed E-state index contributed by atoms with van der Waals surface area (Å²) in [7, 11) is -0.520. The first-order valence-electron chi connectivity index (χ1n) is 8.40. The number of amides is 2. The van der Waals surface area contributed by atoms with E-state index in [2.05, 4.69) is 15.6 Å². The van der Waals surface area contributed by atoms with Crippen LogP contribution in [0.3, 0.4) is 0 Å². The number of aromatic nitrogens is 1. The van der Waals surface area contributed by atoms with Crippen LogP contribution >= 0.6 is 0 Å². The van der Waals surface area contributed by atoms with Gasteiger partial charge in [-0.2, -0.15) is 0 Å². The SMILES string of the molecule is Cc1cnc(NC(=O)NCC(C)(C)O)cc1B1OC(C)(C)C(C)(C)O1. The third kappa shape index (κ3) is 4.71. The van der Waals surface area contributed by atoms with E-state index in [1.165, 1.54) is 0 Å². The van der Waals surface area contributed by atoms with Gasteiger partial charge in [0, 0.05) is 12.7 Å². The van der Waals surface area contributed by atoms with Crippen molar-refractivity contribution < 1.29 is 19.2 Å². The van der Waals surface area contributed by atoms with Crippen LogP contribution in [0.25, 0.3) is 0 Å². The van der Waals surface area contributed by atoms with Crippen LogP contribution in [0.1, 0.15) is 47.1 Å². The minimum Gasteiger partial charge on any atom is -0.399 e. The summed E-state index contributed by atoms with van der Waals surface area (Å²) in [5.74, 6) is 0.392. The smallest absolute Gasteiger partial charge is 0.399 e. The summed E-state index contributed by atoms with van der Waals surface area (Å²) in [6.45, 7) is 13.3. The first kappa shape index (κ1) is 19.7. The fraction of sp³-hybridized carbons (Fsp3) is 0.647. The van der Waals surface area contributed by atoms with Gasteiger partial charge in [-0.05, 0) is 65.6 Å². The molecule has 0 bridgehead atoms. The maximum Gasteiger partial charge on any atom is 0.495 e. The molecule has 7 nitrogen and oxygen atoms in total. The van der Waals surface area contributed by atoms with E-state index < -0.39 is 30.0 Å². The van der Waals surface area contributed by atoms with Crippen molar-refractivity contribution in [2.75, 3.05) is 11.9 Å². The molecule has 2 amide bonds. The topological polar surface area (TPSA) is 92.7 Å². The van der Waals surface area contributed by atoms with Gasteiger partial charge in [0.1, 0.15) is 5.82 Å². The van der Waals surface area contributed by atoms with Crippen molar-refractivity contribution in [2.24, 2.45) is 0 Å². The molecule has 0 unspecified atom stereocenters. The number of aliphatic hydroxyl groups is 1. The summed E-state index contributed by atoms with van der Waals surface area (Å²) < 4.78 is 12.1. The van der Waals surface area contributed by atoms with Crippen molar-refractivity contribution in [3.05, 3.63) is 17.8 Å². The van der Waals surface area contributed by atoms with Crippen LogP contribution in [-0.4, -0.2) is 46.6 Å². The summed E-state index contributed by atoms with van der Waals surface area (Å²) in [6.07, 6.45) is 1.67. The Balaban J connectivity index is 2.12. The van der Waals surface area contributed by atoms with Gasteiger partial charge in [-0.25, -0.2) is 9.78 Å². The second-order valence-corrected chi connectivity index (χ2v) is 8.13. The average molecular weight is 349 g/mol. The fourth-order valence-electron chi connectivity index (χ4n) is 2.29. The Kier molecular flexibility index (Phi) is 5.19. The van der Waals surface area contributed by atoms with Gasteiger partial charge < -0.3 is 19.7 Å². The first-order valence-corrected chi connectivity index (χ1v) is 8.40. The molecule has 1 aromatic rings. The predicted octanol–water partition coefficient (Wildman–Crippen LogP) is 1.58. The van der Waals surface area contributed by atoms with Gasteiger partial charge in [-0.15, -0.1) is 0 Å². The van der Waals surface area contributed by atoms with Crippen LogP contribution in [0.5, 0.6) is 0 Å². The second kappa shape index (κ2) is 6.59. The molecule has 0 spiro atoms. The zero-order valence-electron chi connectivity index (χ0n) is 16.1. The second-order valence-electron chi connectivity index (χ2n) is 8.13. The largest absolute Gasteiger partial charge is 0.495 e. The van der Waals surface area contributed by atoms with E-state index in [9.17, 15) is 9.90 Å². The molecule has 0 aromatic carbocycles. The van der Waals surface area contributed by atoms with Crippen LogP contribution in [-0.2, 0) is 9.31 Å². The van der Waals surface area contributed by atoms with Gasteiger partial charge in [-0.1, -0.05) is 0 Å². The molecule has 1 aliphatic rings. The Labute approximate surface area is 149 Å². The van der Waals surface area contributed by atoms with E-state index in [0.717, 1.165) is 11.0 Å². The van der Waals surface area contributed by atoms with Crippen molar-refractivity contribution in [3.63, 3.8) is 0 Å². The molecule has 138 valence electrons. The Hall–Kier alpha value is -1.64. The van der Waals surface area contributed by atoms with Gasteiger partial charge in [0.05, 0.1) is 16.8 Å². The lowest BCUT2D eigenvalue weighted by molar-refractivity contribution is 0.00578. The number of hydrogen-bond donors (Lipinski definition) is 3. The number of hydrogen-bond acceptors (Lipinski definition) is 5. The molecule has 3 N–H and O–H groups in total. The van der Waals surface area contributed by atoms with E-state index in [1.54, 1.807) is 26.1 Å². The van der Waals surface area contributed by atoms with Crippen molar-refractivity contribution in [3.8, 4) is 0 Å². The van der Waals surface area contributed by atoms with Crippen molar-refractivity contribution in [1.29, 1.82) is 0 Å². The maximum atomic E-state index is 11.9. The van der Waals surface area contributed by atoms with Crippen LogP contribution in [0.2, 0.25) is 0 Å². The molecule has 1 aliphatic heterocycles. The number of urea groups is 1. The highest BCUT2D eigenvalue weighted by Crippen LogP contribution is 2.36. The molecule has 1 fully saturated rings. The quantitative estimate of drug-likeness (QED) is 0.718. The minimum absolute atomic E-state index is 0.134. The highest BCUT2D eigenvalue weighted by atomic mass is 16.7. The number of nitrogens with one attached hydrogen (secondary N) is 2. The number of pyridine rings is 1. The molecule has 8 heteroatoms. The minimum atomic E-state index is -0.980. The molecule has 25 heavy (non-hydrogen) atoms. The van der Waals surface area contributed by atoms with Gasteiger partial charge in [-0.3, -0.25) is 5.32 Å². The number of carbonyl (C=O) groups is 1. The zero-order chi connectivity index (χ0) is 19.0. The van der Waals surface area contributed by atoms with E-state index in [4.69, 9.17) is 9.31 Å². The van der Waals surface area contributed by atoms with Crippen molar-refractivity contribution in [2.45, 2.75) is 65.3 Å². The van der Waals surface area contributed by atoms with E-state index in [-0.39, 0.29) is 6.54 Å². The molecule has 2 rings (SSSR count). The highest BCUT2D eigenvalue weighted by molar-refractivity contribution is 6.62. The zero-order valence-corrected chi connectivity index (χ0v) is 16.1. The van der Waals surface area contributed by atoms with Gasteiger partial charge >= 0.3 is 13.1 Å². The van der Waals surface area contributed by atoms with Crippen LogP contribution < -0.4 is 16.1 Å². The molecule has 1 aromatic heterocycles. The van der Waals surface area contributed by atoms with E-state index in [0.29, 0.717) is 5.82 Å². The highest BCUT2D eigenvalue weighted by Gasteiger charge is 2.52. The maximum absolute atomic E-state index is 11.9. The third-order valence-electron chi connectivity index (χ3n) is 4.58. The lowest BCUT2D eigenvalue weighted by Crippen LogP contribution is -2.41. The standard InChI is InChI=1S/C17H28BN3O4/c1-11-9-19-13(21-14(22)20-10-15(2,3)23)8-12(11)18-24-16(4,5)17(6,7)25-18/h8-9,23H,10H2,1-7H3,(H2,19,20,21,22). The predicted molar refractivity (Wildman–Crippen MR) is 98.0 cm³/mol. The first-order chi connectivity index (χ1) is 11.3. The number of nitrogens with zero attached hydrogens (tertiary/aromatic N) is 1. The van der Waals surface area contributed by atoms with Gasteiger partial charge in [0.2, 0.25) is 0 Å². The van der Waals surface area contributed by atoms with Crippen molar-refractivity contribution in [1.82, 2.24) is 10.3 Å². The lowest BCUT2D eigenvalue weighted by Gasteiger charge is -2.32. The Morgan fingerprint density at radius 1 is 1.28 bits per heavy atom. The lowest BCUT2D eigenvalue weighted by atomic mass is 9.77. The van der Waals surface area contributed by atoms with Gasteiger partial charge in [0.15, 0.2) is 0 Å². The summed E-state index contributed by atoms with van der Waals surface area (Å²) in [4.78, 5) is 16.2. The Morgan fingerprint density at radius 2 is 1.84 bits per heavy atom. The number of rotatable bonds is 4. The molecule has 0 atom stereocenters. The van der Waals surface area contributed by atoms with Gasteiger partial charge in [0.25, 0.3) is 0 Å². The summed E-state index contributed by atoms with van der Waals surface area (Å²) >= 11 is 0. The normalized spacial score (nSPS) is 19.0. The third-order valence-corrected chi connectivity index (χ3v) is 4.58. The summed E-state index contributed by atoms with van der Waals surface area (Å²) in [5, 5.41) is 14.9. The average Bonchev–Trinajstić information content (AvgIpc) is 2.66. The van der Waals surface area contributed by atoms with Crippen LogP contribution in [0, 0.1) is 6.92 Å². The van der Waals surface area contributed by atoms with E-state index >= 15 is 0 Å². The Morgan fingerprint density at radius 3 is 2.36 bits per heavy atom. The summed E-state index contributed by atoms with van der Waals surface area (Å²) in [6, 6.07) is 1.32. The molecule has 1 saturated heterocycles. The molecular weight excluding hydrogens is 321 g/mol.